The van der Waals surface area contributed by atoms with Gasteiger partial charge >= 0.3 is 0 Å². The van der Waals surface area contributed by atoms with Crippen LogP contribution in [0.4, 0.5) is 0 Å². The molecule has 0 aromatic heterocycles. The Balaban J connectivity index is 2.19. The number of carbonyl (C=O) groups is 1. The Kier molecular flexibility index (Phi) is 3.78. The molecule has 2 aliphatic rings. The molecule has 1 atom stereocenters. The number of carbonyl (C=O) groups excluding carboxylic acids is 1. The second-order valence-electron chi connectivity index (χ2n) is 5.54. The lowest BCUT2D eigenvalue weighted by Gasteiger charge is -2.37. The molecule has 2 heteroatoms. The average molecular weight is 238 g/mol. The van der Waals surface area contributed by atoms with E-state index >= 15 is 0 Å². The minimum atomic E-state index is 0.236. The van der Waals surface area contributed by atoms with Crippen molar-refractivity contribution in [3.05, 3.63) is 11.0 Å². The third-order valence-electron chi connectivity index (χ3n) is 3.86. The molecule has 1 unspecified atom stereocenters. The number of Topliss-reactive ketones (excluding diaryl/α,β-unsaturated/α-hetero) is 1. The quantitative estimate of drug-likeness (QED) is 0.733. The van der Waals surface area contributed by atoms with Gasteiger partial charge in [-0.05, 0) is 30.6 Å². The van der Waals surface area contributed by atoms with Crippen LogP contribution in [0.25, 0.3) is 0 Å². The summed E-state index contributed by atoms with van der Waals surface area (Å²) < 4.78 is 0. The van der Waals surface area contributed by atoms with Crippen molar-refractivity contribution < 1.29 is 4.79 Å². The predicted molar refractivity (Wildman–Crippen MR) is 70.5 cm³/mol. The number of hydrogen-bond acceptors (Lipinski definition) is 2. The zero-order chi connectivity index (χ0) is 11.6. The van der Waals surface area contributed by atoms with E-state index in [4.69, 9.17) is 0 Å². The third kappa shape index (κ3) is 2.53. The van der Waals surface area contributed by atoms with Gasteiger partial charge in [0.05, 0.1) is 0 Å². The Labute approximate surface area is 103 Å². The van der Waals surface area contributed by atoms with E-state index in [1.165, 1.54) is 42.8 Å². The van der Waals surface area contributed by atoms with Gasteiger partial charge in [-0.25, -0.2) is 0 Å². The van der Waals surface area contributed by atoms with Crippen molar-refractivity contribution >= 4 is 17.5 Å². The van der Waals surface area contributed by atoms with E-state index in [1.807, 2.05) is 11.8 Å². The highest BCUT2D eigenvalue weighted by Crippen LogP contribution is 2.52. The molecule has 0 amide bonds. The molecule has 2 rings (SSSR count). The summed E-state index contributed by atoms with van der Waals surface area (Å²) in [6, 6.07) is 0. The summed E-state index contributed by atoms with van der Waals surface area (Å²) in [6.07, 6.45) is 9.64. The van der Waals surface area contributed by atoms with Gasteiger partial charge in [-0.2, -0.15) is 0 Å². The van der Waals surface area contributed by atoms with Crippen LogP contribution in [0.5, 0.6) is 0 Å². The first-order valence-corrected chi connectivity index (χ1v) is 7.45. The van der Waals surface area contributed by atoms with Crippen LogP contribution in [-0.4, -0.2) is 11.5 Å². The van der Waals surface area contributed by atoms with Crippen molar-refractivity contribution in [1.29, 1.82) is 0 Å². The smallest absolute Gasteiger partial charge is 0.130 e. The van der Waals surface area contributed by atoms with E-state index in [9.17, 15) is 4.79 Å². The first-order valence-electron chi connectivity index (χ1n) is 6.47. The van der Waals surface area contributed by atoms with Gasteiger partial charge in [-0.3, -0.25) is 4.79 Å². The van der Waals surface area contributed by atoms with Crippen LogP contribution in [-0.2, 0) is 4.79 Å². The number of thioether (sulfide) groups is 1. The molecule has 1 aliphatic carbocycles. The van der Waals surface area contributed by atoms with Crippen molar-refractivity contribution in [2.24, 2.45) is 11.3 Å². The van der Waals surface area contributed by atoms with Gasteiger partial charge < -0.3 is 0 Å². The van der Waals surface area contributed by atoms with Crippen molar-refractivity contribution in [1.82, 2.24) is 0 Å². The molecule has 0 N–H and O–H groups in total. The van der Waals surface area contributed by atoms with E-state index in [0.29, 0.717) is 11.7 Å². The standard InChI is InChI=1S/C14H22OS/c1-11-8-13(16-10-11)14(9-12(2)15)6-4-3-5-7-14/h8,11H,3-7,9-10H2,1-2H3. The third-order valence-corrected chi connectivity index (χ3v) is 5.43. The number of allylic oxidation sites excluding steroid dienone is 2. The first kappa shape index (κ1) is 12.2. The monoisotopic (exact) mass is 238 g/mol. The van der Waals surface area contributed by atoms with Gasteiger partial charge in [0.25, 0.3) is 0 Å². The molecule has 90 valence electrons. The molecule has 1 heterocycles. The second-order valence-corrected chi connectivity index (χ2v) is 6.60. The van der Waals surface area contributed by atoms with Gasteiger partial charge in [-0.1, -0.05) is 32.3 Å². The molecule has 0 aromatic carbocycles. The summed E-state index contributed by atoms with van der Waals surface area (Å²) in [4.78, 5) is 13.1. The normalized spacial score (nSPS) is 28.9. The average Bonchev–Trinajstić information content (AvgIpc) is 2.66. The van der Waals surface area contributed by atoms with E-state index in [0.717, 1.165) is 6.42 Å². The molecule has 1 aliphatic heterocycles. The predicted octanol–water partition coefficient (Wildman–Crippen LogP) is 4.18. The lowest BCUT2D eigenvalue weighted by molar-refractivity contribution is -0.119. The number of rotatable bonds is 3. The minimum absolute atomic E-state index is 0.236. The lowest BCUT2D eigenvalue weighted by Crippen LogP contribution is -2.27. The van der Waals surface area contributed by atoms with Gasteiger partial charge in [-0.15, -0.1) is 11.8 Å². The van der Waals surface area contributed by atoms with Crippen LogP contribution in [0.15, 0.2) is 11.0 Å². The van der Waals surface area contributed by atoms with Crippen molar-refractivity contribution in [3.8, 4) is 0 Å². The first-order chi connectivity index (χ1) is 7.62. The SMILES string of the molecule is CC(=O)CC1(C2=CC(C)CS2)CCCCC1. The highest BCUT2D eigenvalue weighted by molar-refractivity contribution is 8.03. The molecular formula is C14H22OS. The molecule has 0 spiro atoms. The Morgan fingerprint density at radius 2 is 2.12 bits per heavy atom. The maximum Gasteiger partial charge on any atom is 0.130 e. The van der Waals surface area contributed by atoms with Gasteiger partial charge in [0.1, 0.15) is 5.78 Å². The number of hydrogen-bond donors (Lipinski definition) is 0. The molecule has 1 fully saturated rings. The molecule has 0 saturated heterocycles. The van der Waals surface area contributed by atoms with E-state index < -0.39 is 0 Å². The maximum atomic E-state index is 11.5. The summed E-state index contributed by atoms with van der Waals surface area (Å²) in [5.74, 6) is 2.28. The fourth-order valence-corrected chi connectivity index (χ4v) is 4.57. The Hall–Kier alpha value is -0.240. The Bertz CT molecular complexity index is 300. The van der Waals surface area contributed by atoms with E-state index in [-0.39, 0.29) is 5.41 Å². The van der Waals surface area contributed by atoms with Gasteiger partial charge in [0.2, 0.25) is 0 Å². The second kappa shape index (κ2) is 4.95. The Morgan fingerprint density at radius 3 is 2.62 bits per heavy atom. The van der Waals surface area contributed by atoms with Crippen LogP contribution in [0.1, 0.15) is 52.4 Å². The van der Waals surface area contributed by atoms with Gasteiger partial charge in [0, 0.05) is 17.6 Å². The highest BCUT2D eigenvalue weighted by Gasteiger charge is 2.38. The molecule has 16 heavy (non-hydrogen) atoms. The molecular weight excluding hydrogens is 216 g/mol. The van der Waals surface area contributed by atoms with Crippen LogP contribution in [0.2, 0.25) is 0 Å². The summed E-state index contributed by atoms with van der Waals surface area (Å²) in [5.41, 5.74) is 0.236. The zero-order valence-corrected chi connectivity index (χ0v) is 11.2. The van der Waals surface area contributed by atoms with Crippen LogP contribution < -0.4 is 0 Å². The molecule has 0 bridgehead atoms. The Morgan fingerprint density at radius 1 is 1.44 bits per heavy atom. The van der Waals surface area contributed by atoms with Crippen molar-refractivity contribution in [2.75, 3.05) is 5.75 Å². The van der Waals surface area contributed by atoms with Crippen LogP contribution in [0.3, 0.4) is 0 Å². The van der Waals surface area contributed by atoms with Gasteiger partial charge in [0.15, 0.2) is 0 Å². The summed E-state index contributed by atoms with van der Waals surface area (Å²) in [7, 11) is 0. The van der Waals surface area contributed by atoms with E-state index in [1.54, 1.807) is 6.92 Å². The summed E-state index contributed by atoms with van der Waals surface area (Å²) in [6.45, 7) is 4.03. The zero-order valence-electron chi connectivity index (χ0n) is 10.4. The molecule has 1 saturated carbocycles. The van der Waals surface area contributed by atoms with Crippen molar-refractivity contribution in [2.45, 2.75) is 52.4 Å². The summed E-state index contributed by atoms with van der Waals surface area (Å²) in [5, 5.41) is 0. The van der Waals surface area contributed by atoms with E-state index in [2.05, 4.69) is 13.0 Å². The fourth-order valence-electron chi connectivity index (χ4n) is 3.12. The highest BCUT2D eigenvalue weighted by atomic mass is 32.2. The van der Waals surface area contributed by atoms with Crippen molar-refractivity contribution in [3.63, 3.8) is 0 Å². The number of ketones is 1. The molecule has 0 radical (unpaired) electrons. The fraction of sp³-hybridized carbons (Fsp3) is 0.786. The maximum absolute atomic E-state index is 11.5. The molecule has 0 aromatic rings. The molecule has 1 nitrogen and oxygen atoms in total. The summed E-state index contributed by atoms with van der Waals surface area (Å²) >= 11 is 2.01. The van der Waals surface area contributed by atoms with Crippen LogP contribution in [0, 0.1) is 11.3 Å². The lowest BCUT2D eigenvalue weighted by atomic mass is 9.70. The topological polar surface area (TPSA) is 17.1 Å². The largest absolute Gasteiger partial charge is 0.300 e. The van der Waals surface area contributed by atoms with Crippen LogP contribution >= 0.6 is 11.8 Å². The minimum Gasteiger partial charge on any atom is -0.300 e.